The Kier molecular flexibility index (Phi) is 4.09. The van der Waals surface area contributed by atoms with Crippen LogP contribution in [0.5, 0.6) is 5.75 Å². The largest absolute Gasteiger partial charge is 0.494 e. The molecule has 1 rings (SSSR count). The Balaban J connectivity index is 2.89. The predicted octanol–water partition coefficient (Wildman–Crippen LogP) is 2.40. The molecule has 0 fully saturated rings. The molecule has 3 nitrogen and oxygen atoms in total. The Morgan fingerprint density at radius 3 is 2.80 bits per heavy atom. The zero-order valence-corrected chi connectivity index (χ0v) is 8.75. The fourth-order valence-corrected chi connectivity index (χ4v) is 1.10. The van der Waals surface area contributed by atoms with Gasteiger partial charge in [-0.3, -0.25) is 0 Å². The molecular weight excluding hydrogens is 199 g/mol. The van der Waals surface area contributed by atoms with Crippen LogP contribution in [0.25, 0.3) is 0 Å². The predicted molar refractivity (Wildman–Crippen MR) is 53.5 cm³/mol. The summed E-state index contributed by atoms with van der Waals surface area (Å²) >= 11 is 0. The molecule has 0 atom stereocenters. The van der Waals surface area contributed by atoms with Gasteiger partial charge in [0.15, 0.2) is 11.6 Å². The van der Waals surface area contributed by atoms with E-state index in [9.17, 15) is 9.18 Å². The molecule has 0 radical (unpaired) electrons. The standard InChI is InChI=1S/C11H13FO3/c1-3-7-15-11(13)8-5-4-6-9(14-2)10(8)12/h4-6H,3,7H2,1-2H3. The van der Waals surface area contributed by atoms with E-state index in [1.165, 1.54) is 19.2 Å². The molecular formula is C11H13FO3. The average molecular weight is 212 g/mol. The fourth-order valence-electron chi connectivity index (χ4n) is 1.10. The van der Waals surface area contributed by atoms with Crippen LogP contribution in [0.4, 0.5) is 4.39 Å². The van der Waals surface area contributed by atoms with Gasteiger partial charge >= 0.3 is 5.97 Å². The van der Waals surface area contributed by atoms with Crippen molar-refractivity contribution in [2.45, 2.75) is 13.3 Å². The Morgan fingerprint density at radius 2 is 2.20 bits per heavy atom. The Bertz CT molecular complexity index is 350. The number of carbonyl (C=O) groups excluding carboxylic acids is 1. The van der Waals surface area contributed by atoms with Crippen molar-refractivity contribution in [2.24, 2.45) is 0 Å². The molecule has 0 aliphatic rings. The summed E-state index contributed by atoms with van der Waals surface area (Å²) in [5.41, 5.74) is -0.0946. The smallest absolute Gasteiger partial charge is 0.341 e. The second-order valence-corrected chi connectivity index (χ2v) is 2.96. The highest BCUT2D eigenvalue weighted by Crippen LogP contribution is 2.20. The van der Waals surface area contributed by atoms with E-state index in [-0.39, 0.29) is 17.9 Å². The van der Waals surface area contributed by atoms with E-state index in [1.54, 1.807) is 6.07 Å². The summed E-state index contributed by atoms with van der Waals surface area (Å²) in [4.78, 5) is 11.4. The van der Waals surface area contributed by atoms with E-state index in [1.807, 2.05) is 6.92 Å². The van der Waals surface area contributed by atoms with Crippen LogP contribution in [-0.4, -0.2) is 19.7 Å². The van der Waals surface area contributed by atoms with Gasteiger partial charge in [0.05, 0.1) is 19.3 Å². The lowest BCUT2D eigenvalue weighted by molar-refractivity contribution is 0.0499. The van der Waals surface area contributed by atoms with Crippen LogP contribution in [0.3, 0.4) is 0 Å². The highest BCUT2D eigenvalue weighted by molar-refractivity contribution is 5.90. The minimum atomic E-state index is -0.680. The van der Waals surface area contributed by atoms with Crippen LogP contribution < -0.4 is 4.74 Å². The summed E-state index contributed by atoms with van der Waals surface area (Å²) in [7, 11) is 1.35. The Labute approximate surface area is 87.8 Å². The van der Waals surface area contributed by atoms with E-state index >= 15 is 0 Å². The SMILES string of the molecule is CCCOC(=O)c1cccc(OC)c1F. The average Bonchev–Trinajstić information content (AvgIpc) is 2.26. The minimum absolute atomic E-state index is 0.0425. The Hall–Kier alpha value is -1.58. The number of ether oxygens (including phenoxy) is 2. The second kappa shape index (κ2) is 5.34. The fraction of sp³-hybridized carbons (Fsp3) is 0.364. The van der Waals surface area contributed by atoms with Crippen LogP contribution in [0, 0.1) is 5.82 Å². The van der Waals surface area contributed by atoms with Gasteiger partial charge in [-0.15, -0.1) is 0 Å². The van der Waals surface area contributed by atoms with E-state index in [4.69, 9.17) is 9.47 Å². The first-order valence-electron chi connectivity index (χ1n) is 4.70. The van der Waals surface area contributed by atoms with Crippen molar-refractivity contribution in [3.63, 3.8) is 0 Å². The van der Waals surface area contributed by atoms with Crippen molar-refractivity contribution in [3.05, 3.63) is 29.6 Å². The first-order valence-corrected chi connectivity index (χ1v) is 4.70. The highest BCUT2D eigenvalue weighted by Gasteiger charge is 2.16. The molecule has 0 aliphatic heterocycles. The van der Waals surface area contributed by atoms with Gasteiger partial charge in [0.1, 0.15) is 0 Å². The first-order chi connectivity index (χ1) is 7.20. The molecule has 0 saturated heterocycles. The van der Waals surface area contributed by atoms with E-state index < -0.39 is 11.8 Å². The molecule has 0 spiro atoms. The summed E-state index contributed by atoms with van der Waals surface area (Å²) in [5.74, 6) is -1.30. The lowest BCUT2D eigenvalue weighted by Crippen LogP contribution is -2.08. The summed E-state index contributed by atoms with van der Waals surface area (Å²) in [6.45, 7) is 2.16. The molecule has 82 valence electrons. The highest BCUT2D eigenvalue weighted by atomic mass is 19.1. The minimum Gasteiger partial charge on any atom is -0.494 e. The topological polar surface area (TPSA) is 35.5 Å². The third-order valence-electron chi connectivity index (χ3n) is 1.84. The summed E-state index contributed by atoms with van der Waals surface area (Å²) < 4.78 is 23.1. The molecule has 0 aromatic heterocycles. The zero-order valence-electron chi connectivity index (χ0n) is 8.75. The van der Waals surface area contributed by atoms with Gasteiger partial charge in [-0.1, -0.05) is 13.0 Å². The summed E-state index contributed by atoms with van der Waals surface area (Å²) in [6.07, 6.45) is 0.706. The van der Waals surface area contributed by atoms with Gasteiger partial charge in [-0.05, 0) is 18.6 Å². The van der Waals surface area contributed by atoms with Gasteiger partial charge in [0, 0.05) is 0 Å². The van der Waals surface area contributed by atoms with Crippen LogP contribution >= 0.6 is 0 Å². The monoisotopic (exact) mass is 212 g/mol. The molecule has 15 heavy (non-hydrogen) atoms. The number of halogens is 1. The number of carbonyl (C=O) groups is 1. The van der Waals surface area contributed by atoms with Crippen LogP contribution in [0.1, 0.15) is 23.7 Å². The molecule has 0 N–H and O–H groups in total. The zero-order chi connectivity index (χ0) is 11.3. The van der Waals surface area contributed by atoms with Crippen LogP contribution in [0.2, 0.25) is 0 Å². The third kappa shape index (κ3) is 2.68. The van der Waals surface area contributed by atoms with Gasteiger partial charge in [0.25, 0.3) is 0 Å². The van der Waals surface area contributed by atoms with E-state index in [2.05, 4.69) is 0 Å². The molecule has 0 saturated carbocycles. The van der Waals surface area contributed by atoms with Gasteiger partial charge in [-0.25, -0.2) is 9.18 Å². The van der Waals surface area contributed by atoms with E-state index in [0.717, 1.165) is 0 Å². The molecule has 0 bridgehead atoms. The molecule has 1 aromatic carbocycles. The molecule has 0 amide bonds. The number of benzene rings is 1. The van der Waals surface area contributed by atoms with Crippen molar-refractivity contribution in [2.75, 3.05) is 13.7 Å². The summed E-state index contributed by atoms with van der Waals surface area (Å²) in [5, 5.41) is 0. The number of hydrogen-bond acceptors (Lipinski definition) is 3. The number of methoxy groups -OCH3 is 1. The lowest BCUT2D eigenvalue weighted by atomic mass is 10.2. The van der Waals surface area contributed by atoms with Crippen LogP contribution in [-0.2, 0) is 4.74 Å². The van der Waals surface area contributed by atoms with Crippen molar-refractivity contribution < 1.29 is 18.7 Å². The Morgan fingerprint density at radius 1 is 1.47 bits per heavy atom. The van der Waals surface area contributed by atoms with Gasteiger partial charge in [0.2, 0.25) is 0 Å². The quantitative estimate of drug-likeness (QED) is 0.719. The summed E-state index contributed by atoms with van der Waals surface area (Å²) in [6, 6.07) is 4.37. The lowest BCUT2D eigenvalue weighted by Gasteiger charge is -2.06. The molecule has 0 unspecified atom stereocenters. The maximum absolute atomic E-state index is 13.5. The number of rotatable bonds is 4. The van der Waals surface area contributed by atoms with Crippen molar-refractivity contribution in [1.29, 1.82) is 0 Å². The van der Waals surface area contributed by atoms with Crippen molar-refractivity contribution >= 4 is 5.97 Å². The van der Waals surface area contributed by atoms with Crippen LogP contribution in [0.15, 0.2) is 18.2 Å². The number of hydrogen-bond donors (Lipinski definition) is 0. The maximum Gasteiger partial charge on any atom is 0.341 e. The van der Waals surface area contributed by atoms with E-state index in [0.29, 0.717) is 6.42 Å². The third-order valence-corrected chi connectivity index (χ3v) is 1.84. The van der Waals surface area contributed by atoms with Gasteiger partial charge < -0.3 is 9.47 Å². The molecule has 0 heterocycles. The molecule has 1 aromatic rings. The van der Waals surface area contributed by atoms with Crippen molar-refractivity contribution in [3.8, 4) is 5.75 Å². The maximum atomic E-state index is 13.5. The normalized spacial score (nSPS) is 9.80. The first kappa shape index (κ1) is 11.5. The molecule has 0 aliphatic carbocycles. The van der Waals surface area contributed by atoms with Gasteiger partial charge in [-0.2, -0.15) is 0 Å². The van der Waals surface area contributed by atoms with Crippen molar-refractivity contribution in [1.82, 2.24) is 0 Å². The second-order valence-electron chi connectivity index (χ2n) is 2.96. The molecule has 4 heteroatoms. The number of esters is 1.